The molecule has 0 radical (unpaired) electrons. The van der Waals surface area contributed by atoms with E-state index in [9.17, 15) is 9.90 Å². The molecule has 1 aromatic heterocycles. The third-order valence-electron chi connectivity index (χ3n) is 4.38. The maximum atomic E-state index is 11.4. The van der Waals surface area contributed by atoms with Gasteiger partial charge in [0.05, 0.1) is 5.41 Å². The first-order valence-electron chi connectivity index (χ1n) is 7.47. The highest BCUT2D eigenvalue weighted by atomic mass is 79.9. The van der Waals surface area contributed by atoms with Gasteiger partial charge >= 0.3 is 5.97 Å². The standard InChI is InChI=1S/C16H22BrNO2/c17-14-9-6-8-13(18-14)7-2-1-3-10-16(15(19)20)11-4-5-12-16/h6,8-9H,1-5,7,10-12H2,(H,19,20). The molecule has 20 heavy (non-hydrogen) atoms. The first kappa shape index (κ1) is 15.5. The minimum absolute atomic E-state index is 0.409. The zero-order valence-corrected chi connectivity index (χ0v) is 13.4. The summed E-state index contributed by atoms with van der Waals surface area (Å²) in [4.78, 5) is 15.8. The summed E-state index contributed by atoms with van der Waals surface area (Å²) in [6.45, 7) is 0. The Kier molecular flexibility index (Phi) is 5.58. The number of carboxylic acid groups (broad SMARTS) is 1. The van der Waals surface area contributed by atoms with Crippen molar-refractivity contribution in [2.24, 2.45) is 5.41 Å². The van der Waals surface area contributed by atoms with Gasteiger partial charge in [0.2, 0.25) is 0 Å². The van der Waals surface area contributed by atoms with Crippen LogP contribution in [0.5, 0.6) is 0 Å². The topological polar surface area (TPSA) is 50.2 Å². The lowest BCUT2D eigenvalue weighted by Gasteiger charge is -2.23. The van der Waals surface area contributed by atoms with Crippen LogP contribution in [-0.4, -0.2) is 16.1 Å². The largest absolute Gasteiger partial charge is 0.481 e. The van der Waals surface area contributed by atoms with Gasteiger partial charge in [-0.3, -0.25) is 4.79 Å². The predicted octanol–water partition coefficient (Wildman–Crippen LogP) is 4.59. The SMILES string of the molecule is O=C(O)C1(CCCCCc2cccc(Br)n2)CCCC1. The number of halogens is 1. The Morgan fingerprint density at radius 2 is 2.00 bits per heavy atom. The number of pyridine rings is 1. The molecule has 1 fully saturated rings. The van der Waals surface area contributed by atoms with E-state index in [4.69, 9.17) is 0 Å². The van der Waals surface area contributed by atoms with Crippen LogP contribution in [0.3, 0.4) is 0 Å². The van der Waals surface area contributed by atoms with Crippen molar-refractivity contribution in [3.63, 3.8) is 0 Å². The highest BCUT2D eigenvalue weighted by Crippen LogP contribution is 2.42. The van der Waals surface area contributed by atoms with Crippen LogP contribution in [0.2, 0.25) is 0 Å². The highest BCUT2D eigenvalue weighted by molar-refractivity contribution is 9.10. The second-order valence-electron chi connectivity index (χ2n) is 5.80. The van der Waals surface area contributed by atoms with E-state index >= 15 is 0 Å². The third kappa shape index (κ3) is 4.05. The first-order valence-corrected chi connectivity index (χ1v) is 8.27. The van der Waals surface area contributed by atoms with Crippen molar-refractivity contribution < 1.29 is 9.90 Å². The number of nitrogens with zero attached hydrogens (tertiary/aromatic N) is 1. The number of carbonyl (C=O) groups is 1. The fraction of sp³-hybridized carbons (Fsp3) is 0.625. The van der Waals surface area contributed by atoms with Crippen LogP contribution in [0.1, 0.15) is 57.1 Å². The Hall–Kier alpha value is -0.900. The summed E-state index contributed by atoms with van der Waals surface area (Å²) >= 11 is 3.38. The van der Waals surface area contributed by atoms with Crippen molar-refractivity contribution in [2.45, 2.75) is 57.8 Å². The number of aryl methyl sites for hydroxylation is 1. The van der Waals surface area contributed by atoms with Crippen LogP contribution in [0.25, 0.3) is 0 Å². The quantitative estimate of drug-likeness (QED) is 0.583. The molecule has 0 unspecified atom stereocenters. The lowest BCUT2D eigenvalue weighted by Crippen LogP contribution is -2.27. The van der Waals surface area contributed by atoms with Crippen molar-refractivity contribution >= 4 is 21.9 Å². The van der Waals surface area contributed by atoms with E-state index in [0.29, 0.717) is 0 Å². The summed E-state index contributed by atoms with van der Waals surface area (Å²) in [5.41, 5.74) is 0.696. The summed E-state index contributed by atoms with van der Waals surface area (Å²) in [5, 5.41) is 9.41. The normalized spacial score (nSPS) is 17.2. The molecule has 1 heterocycles. The van der Waals surface area contributed by atoms with Crippen LogP contribution in [0.15, 0.2) is 22.8 Å². The molecule has 0 aromatic carbocycles. The Morgan fingerprint density at radius 1 is 1.25 bits per heavy atom. The van der Waals surface area contributed by atoms with Gasteiger partial charge < -0.3 is 5.11 Å². The molecule has 4 heteroatoms. The molecule has 1 aliphatic rings. The third-order valence-corrected chi connectivity index (χ3v) is 4.82. The molecule has 110 valence electrons. The zero-order valence-electron chi connectivity index (χ0n) is 11.8. The molecule has 0 atom stereocenters. The van der Waals surface area contributed by atoms with E-state index in [0.717, 1.165) is 68.1 Å². The predicted molar refractivity (Wildman–Crippen MR) is 82.6 cm³/mol. The van der Waals surface area contributed by atoms with Gasteiger partial charge in [-0.2, -0.15) is 0 Å². The number of aliphatic carboxylic acids is 1. The van der Waals surface area contributed by atoms with E-state index < -0.39 is 11.4 Å². The summed E-state index contributed by atoms with van der Waals surface area (Å²) < 4.78 is 0.880. The average Bonchev–Trinajstić information content (AvgIpc) is 2.88. The second-order valence-corrected chi connectivity index (χ2v) is 6.62. The molecule has 3 nitrogen and oxygen atoms in total. The molecule has 1 saturated carbocycles. The molecule has 1 N–H and O–H groups in total. The number of hydrogen-bond donors (Lipinski definition) is 1. The number of carboxylic acids is 1. The number of unbranched alkanes of at least 4 members (excludes halogenated alkanes) is 2. The summed E-state index contributed by atoms with van der Waals surface area (Å²) in [5.74, 6) is -0.580. The maximum absolute atomic E-state index is 11.4. The lowest BCUT2D eigenvalue weighted by atomic mass is 9.81. The highest BCUT2D eigenvalue weighted by Gasteiger charge is 2.40. The van der Waals surface area contributed by atoms with Crippen LogP contribution in [0.4, 0.5) is 0 Å². The molecular weight excluding hydrogens is 318 g/mol. The van der Waals surface area contributed by atoms with Crippen molar-refractivity contribution in [3.05, 3.63) is 28.5 Å². The second kappa shape index (κ2) is 7.21. The Bertz CT molecular complexity index is 456. The van der Waals surface area contributed by atoms with Crippen LogP contribution >= 0.6 is 15.9 Å². The van der Waals surface area contributed by atoms with E-state index in [1.165, 1.54) is 0 Å². The first-order chi connectivity index (χ1) is 9.62. The molecule has 1 aromatic rings. The maximum Gasteiger partial charge on any atom is 0.309 e. The number of rotatable bonds is 7. The van der Waals surface area contributed by atoms with Crippen molar-refractivity contribution in [1.82, 2.24) is 4.98 Å². The molecule has 2 rings (SSSR count). The van der Waals surface area contributed by atoms with Crippen molar-refractivity contribution in [3.8, 4) is 0 Å². The minimum Gasteiger partial charge on any atom is -0.481 e. The molecule has 0 amide bonds. The fourth-order valence-corrected chi connectivity index (χ4v) is 3.54. The molecular formula is C16H22BrNO2. The van der Waals surface area contributed by atoms with Gasteiger partial charge in [-0.05, 0) is 60.2 Å². The van der Waals surface area contributed by atoms with E-state index in [1.807, 2.05) is 18.2 Å². The smallest absolute Gasteiger partial charge is 0.309 e. The number of aromatic nitrogens is 1. The van der Waals surface area contributed by atoms with Gasteiger partial charge in [0.15, 0.2) is 0 Å². The molecule has 1 aliphatic carbocycles. The number of hydrogen-bond acceptors (Lipinski definition) is 2. The van der Waals surface area contributed by atoms with E-state index in [-0.39, 0.29) is 0 Å². The van der Waals surface area contributed by atoms with Crippen LogP contribution < -0.4 is 0 Å². The summed E-state index contributed by atoms with van der Waals surface area (Å²) in [7, 11) is 0. The summed E-state index contributed by atoms with van der Waals surface area (Å²) in [6, 6.07) is 5.98. The summed E-state index contributed by atoms with van der Waals surface area (Å²) in [6.07, 6.45) is 8.89. The van der Waals surface area contributed by atoms with E-state index in [2.05, 4.69) is 20.9 Å². The van der Waals surface area contributed by atoms with Gasteiger partial charge in [-0.1, -0.05) is 31.7 Å². The van der Waals surface area contributed by atoms with Gasteiger partial charge in [0.25, 0.3) is 0 Å². The lowest BCUT2D eigenvalue weighted by molar-refractivity contribution is -0.149. The molecule has 0 bridgehead atoms. The minimum atomic E-state index is -0.580. The van der Waals surface area contributed by atoms with E-state index in [1.54, 1.807) is 0 Å². The fourth-order valence-electron chi connectivity index (χ4n) is 3.16. The molecule has 0 saturated heterocycles. The van der Waals surface area contributed by atoms with Crippen LogP contribution in [0, 0.1) is 5.41 Å². The Balaban J connectivity index is 1.70. The zero-order chi connectivity index (χ0) is 14.4. The Labute approximate surface area is 128 Å². The molecule has 0 spiro atoms. The van der Waals surface area contributed by atoms with Gasteiger partial charge in [0, 0.05) is 5.69 Å². The molecule has 0 aliphatic heterocycles. The van der Waals surface area contributed by atoms with Crippen LogP contribution in [-0.2, 0) is 11.2 Å². The van der Waals surface area contributed by atoms with Gasteiger partial charge in [-0.25, -0.2) is 4.98 Å². The van der Waals surface area contributed by atoms with Crippen molar-refractivity contribution in [1.29, 1.82) is 0 Å². The average molecular weight is 340 g/mol. The Morgan fingerprint density at radius 3 is 2.65 bits per heavy atom. The van der Waals surface area contributed by atoms with Gasteiger partial charge in [-0.15, -0.1) is 0 Å². The van der Waals surface area contributed by atoms with Crippen molar-refractivity contribution in [2.75, 3.05) is 0 Å². The monoisotopic (exact) mass is 339 g/mol. The van der Waals surface area contributed by atoms with Gasteiger partial charge in [0.1, 0.15) is 4.60 Å².